The van der Waals surface area contributed by atoms with Crippen LogP contribution in [0.2, 0.25) is 0 Å². The number of aliphatic hydroxyl groups excluding tert-OH is 1. The molecule has 0 fully saturated rings. The zero-order valence-electron chi connectivity index (χ0n) is 6.34. The van der Waals surface area contributed by atoms with E-state index in [4.69, 9.17) is 9.84 Å². The first-order valence-corrected chi connectivity index (χ1v) is 3.67. The van der Waals surface area contributed by atoms with E-state index in [2.05, 4.69) is 9.98 Å². The first-order chi connectivity index (χ1) is 5.90. The number of aliphatic imine (C=N–C) groups is 1. The van der Waals surface area contributed by atoms with Crippen LogP contribution in [0.1, 0.15) is 0 Å². The molecule has 62 valence electrons. The molecule has 1 atom stereocenters. The van der Waals surface area contributed by atoms with Gasteiger partial charge in [0.25, 0.3) is 0 Å². The molecule has 1 aliphatic heterocycles. The normalized spacial score (nSPS) is 19.9. The van der Waals surface area contributed by atoms with Crippen LogP contribution in [0.15, 0.2) is 23.3 Å². The van der Waals surface area contributed by atoms with E-state index in [1.165, 1.54) is 0 Å². The lowest BCUT2D eigenvalue weighted by Gasteiger charge is -2.17. The zero-order chi connectivity index (χ0) is 8.39. The van der Waals surface area contributed by atoms with Gasteiger partial charge in [-0.3, -0.25) is 0 Å². The Morgan fingerprint density at radius 1 is 1.58 bits per heavy atom. The first-order valence-electron chi connectivity index (χ1n) is 3.67. The number of hydrogen-bond acceptors (Lipinski definition) is 4. The third kappa shape index (κ3) is 1.16. The van der Waals surface area contributed by atoms with Gasteiger partial charge in [0.05, 0.1) is 6.61 Å². The van der Waals surface area contributed by atoms with E-state index in [0.29, 0.717) is 11.6 Å². The van der Waals surface area contributed by atoms with Crippen molar-refractivity contribution in [3.63, 3.8) is 0 Å². The molecule has 1 aromatic rings. The minimum absolute atomic E-state index is 0.0577. The van der Waals surface area contributed by atoms with Crippen LogP contribution in [0.4, 0.5) is 5.82 Å². The second-order valence-corrected chi connectivity index (χ2v) is 2.44. The van der Waals surface area contributed by atoms with Gasteiger partial charge in [0.2, 0.25) is 0 Å². The third-order valence-corrected chi connectivity index (χ3v) is 1.57. The highest BCUT2D eigenvalue weighted by atomic mass is 16.5. The molecular formula is C8H8N2O2. The fourth-order valence-electron chi connectivity index (χ4n) is 1.00. The van der Waals surface area contributed by atoms with Gasteiger partial charge >= 0.3 is 0 Å². The Morgan fingerprint density at radius 2 is 2.50 bits per heavy atom. The molecule has 0 saturated heterocycles. The maximum atomic E-state index is 8.78. The fourth-order valence-corrected chi connectivity index (χ4v) is 1.00. The Morgan fingerprint density at radius 3 is 3.33 bits per heavy atom. The minimum atomic E-state index is -0.332. The van der Waals surface area contributed by atoms with E-state index >= 15 is 0 Å². The van der Waals surface area contributed by atoms with Gasteiger partial charge < -0.3 is 9.84 Å². The predicted octanol–water partition coefficient (Wildman–Crippen LogP) is 0.537. The summed E-state index contributed by atoms with van der Waals surface area (Å²) in [4.78, 5) is 8.01. The van der Waals surface area contributed by atoms with Crippen molar-refractivity contribution < 1.29 is 9.84 Å². The van der Waals surface area contributed by atoms with Crippen LogP contribution in [-0.2, 0) is 0 Å². The summed E-state index contributed by atoms with van der Waals surface area (Å²) in [7, 11) is 0. The SMILES string of the molecule is OCC1C=Nc2ncccc2O1. The topological polar surface area (TPSA) is 54.7 Å². The number of fused-ring (bicyclic) bond motifs is 1. The van der Waals surface area contributed by atoms with E-state index in [9.17, 15) is 0 Å². The standard InChI is InChI=1S/C8H8N2O2/c11-5-6-4-10-8-7(12-6)2-1-3-9-8/h1-4,6,11H,5H2. The molecule has 0 bridgehead atoms. The highest BCUT2D eigenvalue weighted by molar-refractivity contribution is 5.71. The highest BCUT2D eigenvalue weighted by Crippen LogP contribution is 2.27. The minimum Gasteiger partial charge on any atom is -0.478 e. The van der Waals surface area contributed by atoms with Crippen molar-refractivity contribution in [3.05, 3.63) is 18.3 Å². The van der Waals surface area contributed by atoms with Crippen LogP contribution >= 0.6 is 0 Å². The summed E-state index contributed by atoms with van der Waals surface area (Å²) in [6, 6.07) is 3.55. The summed E-state index contributed by atoms with van der Waals surface area (Å²) in [5, 5.41) is 8.78. The van der Waals surface area contributed by atoms with Crippen molar-refractivity contribution in [1.29, 1.82) is 0 Å². The molecule has 1 N–H and O–H groups in total. The van der Waals surface area contributed by atoms with Crippen LogP contribution < -0.4 is 4.74 Å². The summed E-state index contributed by atoms with van der Waals surface area (Å²) >= 11 is 0. The predicted molar refractivity (Wildman–Crippen MR) is 43.9 cm³/mol. The molecule has 0 radical (unpaired) electrons. The van der Waals surface area contributed by atoms with Crippen molar-refractivity contribution in [3.8, 4) is 5.75 Å². The molecule has 1 aliphatic rings. The summed E-state index contributed by atoms with van der Waals surface area (Å²) < 4.78 is 5.32. The number of aromatic nitrogens is 1. The lowest BCUT2D eigenvalue weighted by atomic mass is 10.3. The quantitative estimate of drug-likeness (QED) is 0.659. The number of ether oxygens (including phenoxy) is 1. The second-order valence-electron chi connectivity index (χ2n) is 2.44. The molecule has 2 heterocycles. The molecule has 4 heteroatoms. The second kappa shape index (κ2) is 2.91. The van der Waals surface area contributed by atoms with E-state index < -0.39 is 0 Å². The molecular weight excluding hydrogens is 156 g/mol. The maximum Gasteiger partial charge on any atom is 0.194 e. The largest absolute Gasteiger partial charge is 0.478 e. The van der Waals surface area contributed by atoms with Gasteiger partial charge in [-0.05, 0) is 12.1 Å². The molecule has 1 aromatic heterocycles. The summed E-state index contributed by atoms with van der Waals surface area (Å²) in [5.74, 6) is 1.20. The van der Waals surface area contributed by atoms with E-state index in [1.807, 2.05) is 0 Å². The van der Waals surface area contributed by atoms with E-state index in [0.717, 1.165) is 0 Å². The van der Waals surface area contributed by atoms with Crippen LogP contribution in [0, 0.1) is 0 Å². The third-order valence-electron chi connectivity index (χ3n) is 1.57. The molecule has 0 saturated carbocycles. The Balaban J connectivity index is 2.33. The highest BCUT2D eigenvalue weighted by Gasteiger charge is 2.14. The van der Waals surface area contributed by atoms with Gasteiger partial charge in [-0.1, -0.05) is 0 Å². The average Bonchev–Trinajstić information content (AvgIpc) is 2.17. The van der Waals surface area contributed by atoms with Crippen molar-refractivity contribution in [2.45, 2.75) is 6.10 Å². The van der Waals surface area contributed by atoms with Gasteiger partial charge in [-0.2, -0.15) is 0 Å². The Hall–Kier alpha value is -1.42. The van der Waals surface area contributed by atoms with Crippen molar-refractivity contribution in [2.75, 3.05) is 6.61 Å². The first kappa shape index (κ1) is 7.24. The number of pyridine rings is 1. The smallest absolute Gasteiger partial charge is 0.194 e. The van der Waals surface area contributed by atoms with E-state index in [-0.39, 0.29) is 12.7 Å². The number of nitrogens with zero attached hydrogens (tertiary/aromatic N) is 2. The molecule has 0 aliphatic carbocycles. The molecule has 2 rings (SSSR count). The Bertz CT molecular complexity index is 312. The lowest BCUT2D eigenvalue weighted by molar-refractivity contribution is 0.163. The van der Waals surface area contributed by atoms with Gasteiger partial charge in [-0.25, -0.2) is 9.98 Å². The average molecular weight is 164 g/mol. The van der Waals surface area contributed by atoms with Crippen LogP contribution in [0.25, 0.3) is 0 Å². The summed E-state index contributed by atoms with van der Waals surface area (Å²) in [6.45, 7) is -0.0577. The van der Waals surface area contributed by atoms with E-state index in [1.54, 1.807) is 24.5 Å². The van der Waals surface area contributed by atoms with Gasteiger partial charge in [0.1, 0.15) is 0 Å². The molecule has 0 spiro atoms. The van der Waals surface area contributed by atoms with Gasteiger partial charge in [-0.15, -0.1) is 0 Å². The molecule has 0 aromatic carbocycles. The van der Waals surface area contributed by atoms with Crippen molar-refractivity contribution in [1.82, 2.24) is 4.98 Å². The number of aliphatic hydroxyl groups is 1. The monoisotopic (exact) mass is 164 g/mol. The number of hydrogen-bond donors (Lipinski definition) is 1. The van der Waals surface area contributed by atoms with Crippen LogP contribution in [0.5, 0.6) is 5.75 Å². The zero-order valence-corrected chi connectivity index (χ0v) is 6.34. The van der Waals surface area contributed by atoms with Gasteiger partial charge in [0, 0.05) is 12.4 Å². The lowest BCUT2D eigenvalue weighted by Crippen LogP contribution is -2.24. The number of rotatable bonds is 1. The Kier molecular flexibility index (Phi) is 1.75. The molecule has 12 heavy (non-hydrogen) atoms. The summed E-state index contributed by atoms with van der Waals surface area (Å²) in [6.07, 6.45) is 2.87. The maximum absolute atomic E-state index is 8.78. The molecule has 1 unspecified atom stereocenters. The van der Waals surface area contributed by atoms with Crippen molar-refractivity contribution in [2.24, 2.45) is 4.99 Å². The van der Waals surface area contributed by atoms with Crippen molar-refractivity contribution >= 4 is 12.0 Å². The molecule has 4 nitrogen and oxygen atoms in total. The summed E-state index contributed by atoms with van der Waals surface area (Å²) in [5.41, 5.74) is 0. The van der Waals surface area contributed by atoms with Crippen LogP contribution in [-0.4, -0.2) is 29.0 Å². The Labute approximate surface area is 69.5 Å². The van der Waals surface area contributed by atoms with Gasteiger partial charge in [0.15, 0.2) is 17.7 Å². The van der Waals surface area contributed by atoms with Crippen LogP contribution in [0.3, 0.4) is 0 Å². The fraction of sp³-hybridized carbons (Fsp3) is 0.250. The molecule has 0 amide bonds.